The first kappa shape index (κ1) is 15.9. The van der Waals surface area contributed by atoms with E-state index in [0.29, 0.717) is 17.3 Å². The molecule has 0 aromatic carbocycles. The average Bonchev–Trinajstić information content (AvgIpc) is 2.82. The van der Waals surface area contributed by atoms with Crippen LogP contribution in [-0.4, -0.2) is 22.1 Å². The Hall–Kier alpha value is -0.570. The van der Waals surface area contributed by atoms with Crippen LogP contribution in [-0.2, 0) is 0 Å². The highest BCUT2D eigenvalue weighted by Crippen LogP contribution is 2.66. The van der Waals surface area contributed by atoms with Crippen LogP contribution in [0.4, 0.5) is 0 Å². The lowest BCUT2D eigenvalue weighted by atomic mass is 9.44. The van der Waals surface area contributed by atoms with Crippen molar-refractivity contribution in [3.63, 3.8) is 0 Å². The Morgan fingerprint density at radius 1 is 1.00 bits per heavy atom. The van der Waals surface area contributed by atoms with Crippen LogP contribution in [0.15, 0.2) is 5.16 Å². The van der Waals surface area contributed by atoms with Crippen molar-refractivity contribution < 1.29 is 10.3 Å². The van der Waals surface area contributed by atoms with E-state index in [2.05, 4.69) is 25.9 Å². The van der Waals surface area contributed by atoms with Crippen molar-refractivity contribution in [2.24, 2.45) is 45.6 Å². The number of oxime groups is 1. The Labute approximate surface area is 140 Å². The zero-order chi connectivity index (χ0) is 16.4. The monoisotopic (exact) mass is 319 g/mol. The molecule has 4 fully saturated rings. The minimum absolute atomic E-state index is 0.0719. The molecular weight excluding hydrogens is 286 g/mol. The molecule has 0 radical (unpaired) electrons. The number of fused-ring (bicyclic) bond motifs is 5. The summed E-state index contributed by atoms with van der Waals surface area (Å²) >= 11 is 0. The van der Waals surface area contributed by atoms with Crippen LogP contribution in [0.3, 0.4) is 0 Å². The second kappa shape index (κ2) is 5.21. The van der Waals surface area contributed by atoms with E-state index < -0.39 is 0 Å². The number of aliphatic hydroxyl groups is 1. The summed E-state index contributed by atoms with van der Waals surface area (Å²) in [6, 6.07) is 0. The minimum Gasteiger partial charge on any atom is -0.411 e. The van der Waals surface area contributed by atoms with Crippen molar-refractivity contribution in [3.8, 4) is 0 Å². The summed E-state index contributed by atoms with van der Waals surface area (Å²) in [5, 5.41) is 23.5. The highest BCUT2D eigenvalue weighted by molar-refractivity contribution is 5.87. The number of aliphatic hydroxyl groups excluding tert-OH is 1. The molecule has 0 amide bonds. The van der Waals surface area contributed by atoms with Crippen LogP contribution < -0.4 is 0 Å². The smallest absolute Gasteiger partial charge is 0.0602 e. The predicted molar refractivity (Wildman–Crippen MR) is 91.5 cm³/mol. The van der Waals surface area contributed by atoms with Crippen molar-refractivity contribution in [2.45, 2.75) is 78.2 Å². The number of hydrogen-bond donors (Lipinski definition) is 2. The molecule has 0 spiro atoms. The van der Waals surface area contributed by atoms with E-state index in [1.165, 1.54) is 38.5 Å². The van der Waals surface area contributed by atoms with E-state index in [9.17, 15) is 10.3 Å². The van der Waals surface area contributed by atoms with Gasteiger partial charge in [0.05, 0.1) is 11.8 Å². The predicted octanol–water partition coefficient (Wildman–Crippen LogP) is 4.47. The van der Waals surface area contributed by atoms with E-state index in [0.717, 1.165) is 36.3 Å². The quantitative estimate of drug-likeness (QED) is 0.511. The first-order valence-electron chi connectivity index (χ1n) is 9.79. The molecule has 4 saturated carbocycles. The molecule has 3 heteroatoms. The van der Waals surface area contributed by atoms with Gasteiger partial charge in [0.15, 0.2) is 0 Å². The third kappa shape index (κ3) is 2.08. The van der Waals surface area contributed by atoms with Crippen molar-refractivity contribution in [3.05, 3.63) is 0 Å². The average molecular weight is 319 g/mol. The number of rotatable bonds is 0. The fourth-order valence-electron chi connectivity index (χ4n) is 7.53. The summed E-state index contributed by atoms with van der Waals surface area (Å²) in [6.45, 7) is 7.14. The molecule has 130 valence electrons. The highest BCUT2D eigenvalue weighted by atomic mass is 16.4. The van der Waals surface area contributed by atoms with E-state index >= 15 is 0 Å². The summed E-state index contributed by atoms with van der Waals surface area (Å²) in [7, 11) is 0. The Kier molecular flexibility index (Phi) is 3.61. The largest absolute Gasteiger partial charge is 0.411 e. The SMILES string of the molecule is C[C@@H]1C[C@@]2(C)C(CCC3C2CC[C@@]2(C)C3CC[C@@H]2O)C/C1=N/O. The van der Waals surface area contributed by atoms with Gasteiger partial charge in [0, 0.05) is 0 Å². The third-order valence-corrected chi connectivity index (χ3v) is 8.91. The van der Waals surface area contributed by atoms with Gasteiger partial charge in [-0.25, -0.2) is 0 Å². The fraction of sp³-hybridized carbons (Fsp3) is 0.950. The minimum atomic E-state index is -0.0719. The normalized spacial score (nSPS) is 57.7. The highest BCUT2D eigenvalue weighted by Gasteiger charge is 2.60. The molecule has 0 aromatic rings. The van der Waals surface area contributed by atoms with Crippen molar-refractivity contribution in [1.29, 1.82) is 0 Å². The zero-order valence-corrected chi connectivity index (χ0v) is 15.0. The zero-order valence-electron chi connectivity index (χ0n) is 15.0. The van der Waals surface area contributed by atoms with Crippen LogP contribution in [0.5, 0.6) is 0 Å². The van der Waals surface area contributed by atoms with Crippen LogP contribution in [0.25, 0.3) is 0 Å². The van der Waals surface area contributed by atoms with Gasteiger partial charge in [-0.05, 0) is 91.8 Å². The first-order chi connectivity index (χ1) is 10.9. The molecule has 4 aliphatic carbocycles. The molecule has 0 saturated heterocycles. The van der Waals surface area contributed by atoms with Crippen LogP contribution >= 0.6 is 0 Å². The van der Waals surface area contributed by atoms with Gasteiger partial charge in [0.1, 0.15) is 0 Å². The lowest BCUT2D eigenvalue weighted by molar-refractivity contribution is -0.116. The van der Waals surface area contributed by atoms with Crippen LogP contribution in [0, 0.1) is 40.4 Å². The molecule has 4 unspecified atom stereocenters. The Bertz CT molecular complexity index is 518. The third-order valence-electron chi connectivity index (χ3n) is 8.91. The Balaban J connectivity index is 1.63. The second-order valence-electron chi connectivity index (χ2n) is 9.70. The summed E-state index contributed by atoms with van der Waals surface area (Å²) in [4.78, 5) is 0. The maximum absolute atomic E-state index is 10.5. The van der Waals surface area contributed by atoms with E-state index in [1.807, 2.05) is 0 Å². The molecule has 3 nitrogen and oxygen atoms in total. The summed E-state index contributed by atoms with van der Waals surface area (Å²) in [5.41, 5.74) is 1.62. The van der Waals surface area contributed by atoms with Gasteiger partial charge in [0.25, 0.3) is 0 Å². The fourth-order valence-corrected chi connectivity index (χ4v) is 7.53. The maximum atomic E-state index is 10.5. The maximum Gasteiger partial charge on any atom is 0.0602 e. The molecule has 0 aromatic heterocycles. The van der Waals surface area contributed by atoms with Gasteiger partial charge in [0.2, 0.25) is 0 Å². The van der Waals surface area contributed by atoms with Gasteiger partial charge in [-0.15, -0.1) is 0 Å². The van der Waals surface area contributed by atoms with Gasteiger partial charge in [-0.1, -0.05) is 25.9 Å². The molecular formula is C20H33NO2. The summed E-state index contributed by atoms with van der Waals surface area (Å²) < 4.78 is 0. The van der Waals surface area contributed by atoms with Crippen molar-refractivity contribution >= 4 is 5.71 Å². The van der Waals surface area contributed by atoms with Crippen molar-refractivity contribution in [1.82, 2.24) is 0 Å². The Morgan fingerprint density at radius 2 is 1.74 bits per heavy atom. The molecule has 8 atom stereocenters. The molecule has 4 aliphatic rings. The lowest BCUT2D eigenvalue weighted by Crippen LogP contribution is -2.55. The summed E-state index contributed by atoms with van der Waals surface area (Å²) in [5.74, 6) is 3.47. The van der Waals surface area contributed by atoms with Crippen LogP contribution in [0.2, 0.25) is 0 Å². The van der Waals surface area contributed by atoms with Gasteiger partial charge >= 0.3 is 0 Å². The lowest BCUT2D eigenvalue weighted by Gasteiger charge is -2.61. The Morgan fingerprint density at radius 3 is 2.48 bits per heavy atom. The van der Waals surface area contributed by atoms with Crippen molar-refractivity contribution in [2.75, 3.05) is 0 Å². The summed E-state index contributed by atoms with van der Waals surface area (Å²) in [6.07, 6.45) is 9.47. The second-order valence-corrected chi connectivity index (χ2v) is 9.70. The van der Waals surface area contributed by atoms with Gasteiger partial charge in [-0.3, -0.25) is 0 Å². The number of hydrogen-bond acceptors (Lipinski definition) is 3. The molecule has 2 N–H and O–H groups in total. The van der Waals surface area contributed by atoms with Gasteiger partial charge in [-0.2, -0.15) is 0 Å². The van der Waals surface area contributed by atoms with Gasteiger partial charge < -0.3 is 10.3 Å². The number of nitrogens with zero attached hydrogens (tertiary/aromatic N) is 1. The van der Waals surface area contributed by atoms with E-state index in [-0.39, 0.29) is 11.5 Å². The molecule has 0 heterocycles. The standard InChI is InChI=1S/C20H33NO2/c1-12-11-20(3)13(10-17(12)21-23)4-5-14-15-6-7-18(22)19(15,2)9-8-16(14)20/h12-16,18,22-23H,4-11H2,1-3H3/b21-17-/t12-,13?,14?,15?,16?,18+,19+,20+/m1/s1. The van der Waals surface area contributed by atoms with E-state index in [4.69, 9.17) is 0 Å². The molecule has 4 rings (SSSR count). The van der Waals surface area contributed by atoms with E-state index in [1.54, 1.807) is 0 Å². The molecule has 0 aliphatic heterocycles. The molecule has 23 heavy (non-hydrogen) atoms. The molecule has 0 bridgehead atoms. The first-order valence-corrected chi connectivity index (χ1v) is 9.79. The topological polar surface area (TPSA) is 52.8 Å². The van der Waals surface area contributed by atoms with Crippen LogP contribution in [0.1, 0.15) is 72.1 Å².